The SMILES string of the molecule is CC(C)c1sc(-c2ccccc2)c(-c2ccc(F)cc2)c1C=O. The second kappa shape index (κ2) is 6.47. The molecule has 3 heteroatoms. The van der Waals surface area contributed by atoms with Crippen molar-refractivity contribution in [1.29, 1.82) is 0 Å². The molecule has 0 atom stereocenters. The van der Waals surface area contributed by atoms with Gasteiger partial charge in [-0.05, 0) is 29.2 Å². The van der Waals surface area contributed by atoms with E-state index in [4.69, 9.17) is 0 Å². The monoisotopic (exact) mass is 324 g/mol. The molecule has 0 unspecified atom stereocenters. The predicted octanol–water partition coefficient (Wildman–Crippen LogP) is 6.16. The Hall–Kier alpha value is -2.26. The van der Waals surface area contributed by atoms with Crippen LogP contribution in [0, 0.1) is 5.82 Å². The summed E-state index contributed by atoms with van der Waals surface area (Å²) >= 11 is 1.65. The normalized spacial score (nSPS) is 11.0. The van der Waals surface area contributed by atoms with Crippen molar-refractivity contribution in [1.82, 2.24) is 0 Å². The third kappa shape index (κ3) is 2.97. The minimum atomic E-state index is -0.276. The van der Waals surface area contributed by atoms with Crippen LogP contribution < -0.4 is 0 Å². The fourth-order valence-electron chi connectivity index (χ4n) is 2.70. The first kappa shape index (κ1) is 15.6. The number of halogens is 1. The standard InChI is InChI=1S/C20H17FOS/c1-13(2)19-17(12-22)18(14-8-10-16(21)11-9-14)20(23-19)15-6-4-3-5-7-15/h3-13H,1-2H3. The van der Waals surface area contributed by atoms with Crippen molar-refractivity contribution in [2.75, 3.05) is 0 Å². The van der Waals surface area contributed by atoms with E-state index in [0.29, 0.717) is 0 Å². The van der Waals surface area contributed by atoms with Gasteiger partial charge in [-0.25, -0.2) is 4.39 Å². The first-order valence-corrected chi connectivity index (χ1v) is 8.36. The van der Waals surface area contributed by atoms with Crippen LogP contribution in [0.4, 0.5) is 4.39 Å². The third-order valence-corrected chi connectivity index (χ3v) is 5.34. The van der Waals surface area contributed by atoms with E-state index in [0.717, 1.165) is 38.3 Å². The smallest absolute Gasteiger partial charge is 0.151 e. The molecule has 0 bridgehead atoms. The largest absolute Gasteiger partial charge is 0.298 e. The maximum Gasteiger partial charge on any atom is 0.151 e. The number of rotatable bonds is 4. The number of benzene rings is 2. The highest BCUT2D eigenvalue weighted by atomic mass is 32.1. The molecule has 1 aromatic heterocycles. The molecule has 0 spiro atoms. The van der Waals surface area contributed by atoms with E-state index in [-0.39, 0.29) is 11.7 Å². The van der Waals surface area contributed by atoms with Crippen LogP contribution in [0.5, 0.6) is 0 Å². The fourth-order valence-corrected chi connectivity index (χ4v) is 4.00. The second-order valence-corrected chi connectivity index (χ2v) is 6.78. The zero-order valence-electron chi connectivity index (χ0n) is 13.0. The molecule has 0 N–H and O–H groups in total. The third-order valence-electron chi connectivity index (χ3n) is 3.78. The zero-order chi connectivity index (χ0) is 16.4. The summed E-state index contributed by atoms with van der Waals surface area (Å²) in [6.45, 7) is 4.17. The molecule has 116 valence electrons. The summed E-state index contributed by atoms with van der Waals surface area (Å²) in [5, 5.41) is 0. The molecule has 3 rings (SSSR count). The number of hydrogen-bond acceptors (Lipinski definition) is 2. The molecule has 1 nitrogen and oxygen atoms in total. The predicted molar refractivity (Wildman–Crippen MR) is 94.6 cm³/mol. The van der Waals surface area contributed by atoms with Crippen LogP contribution in [-0.4, -0.2) is 6.29 Å². The Labute approximate surface area is 139 Å². The van der Waals surface area contributed by atoms with Crippen molar-refractivity contribution in [2.45, 2.75) is 19.8 Å². The van der Waals surface area contributed by atoms with Crippen molar-refractivity contribution in [3.05, 3.63) is 70.9 Å². The Bertz CT molecular complexity index is 817. The topological polar surface area (TPSA) is 17.1 Å². The minimum absolute atomic E-state index is 0.261. The molecular weight excluding hydrogens is 307 g/mol. The Morgan fingerprint density at radius 3 is 2.17 bits per heavy atom. The van der Waals surface area contributed by atoms with Gasteiger partial charge in [0.15, 0.2) is 6.29 Å². The summed E-state index contributed by atoms with van der Waals surface area (Å²) in [5.41, 5.74) is 3.57. The van der Waals surface area contributed by atoms with Crippen molar-refractivity contribution < 1.29 is 9.18 Å². The molecule has 0 amide bonds. The minimum Gasteiger partial charge on any atom is -0.298 e. The molecule has 0 aliphatic carbocycles. The molecule has 0 radical (unpaired) electrons. The molecule has 1 heterocycles. The van der Waals surface area contributed by atoms with E-state index in [9.17, 15) is 9.18 Å². The zero-order valence-corrected chi connectivity index (χ0v) is 13.9. The Balaban J connectivity index is 2.30. The van der Waals surface area contributed by atoms with E-state index >= 15 is 0 Å². The average Bonchev–Trinajstić information content (AvgIpc) is 2.96. The summed E-state index contributed by atoms with van der Waals surface area (Å²) in [6.07, 6.45) is 0.928. The van der Waals surface area contributed by atoms with Crippen molar-refractivity contribution in [3.63, 3.8) is 0 Å². The number of hydrogen-bond donors (Lipinski definition) is 0. The summed E-state index contributed by atoms with van der Waals surface area (Å²) < 4.78 is 13.3. The molecule has 0 saturated heterocycles. The van der Waals surface area contributed by atoms with Gasteiger partial charge in [-0.1, -0.05) is 56.3 Å². The Morgan fingerprint density at radius 2 is 1.61 bits per heavy atom. The molecule has 23 heavy (non-hydrogen) atoms. The van der Waals surface area contributed by atoms with Crippen LogP contribution in [0.25, 0.3) is 21.6 Å². The van der Waals surface area contributed by atoms with Gasteiger partial charge in [0, 0.05) is 20.9 Å². The van der Waals surface area contributed by atoms with Crippen LogP contribution in [0.15, 0.2) is 54.6 Å². The lowest BCUT2D eigenvalue weighted by Crippen LogP contribution is -1.91. The molecular formula is C20H17FOS. The van der Waals surface area contributed by atoms with Crippen molar-refractivity contribution in [2.24, 2.45) is 0 Å². The van der Waals surface area contributed by atoms with E-state index in [1.165, 1.54) is 12.1 Å². The summed E-state index contributed by atoms with van der Waals surface area (Å²) in [7, 11) is 0. The lowest BCUT2D eigenvalue weighted by atomic mass is 9.95. The van der Waals surface area contributed by atoms with Crippen molar-refractivity contribution in [3.8, 4) is 21.6 Å². The summed E-state index contributed by atoms with van der Waals surface area (Å²) in [6, 6.07) is 16.4. The number of thiophene rings is 1. The number of carbonyl (C=O) groups excluding carboxylic acids is 1. The first-order chi connectivity index (χ1) is 11.1. The lowest BCUT2D eigenvalue weighted by Gasteiger charge is -2.06. The van der Waals surface area contributed by atoms with Crippen LogP contribution >= 0.6 is 11.3 Å². The van der Waals surface area contributed by atoms with Gasteiger partial charge in [-0.15, -0.1) is 11.3 Å². The molecule has 0 fully saturated rings. The number of aldehydes is 1. The van der Waals surface area contributed by atoms with Gasteiger partial charge in [0.25, 0.3) is 0 Å². The van der Waals surface area contributed by atoms with Gasteiger partial charge in [0.05, 0.1) is 0 Å². The summed E-state index contributed by atoms with van der Waals surface area (Å²) in [4.78, 5) is 13.9. The van der Waals surface area contributed by atoms with Crippen LogP contribution in [0.2, 0.25) is 0 Å². The van der Waals surface area contributed by atoms with Crippen LogP contribution in [-0.2, 0) is 0 Å². The fraction of sp³-hybridized carbons (Fsp3) is 0.150. The summed E-state index contributed by atoms with van der Waals surface area (Å²) in [5.74, 6) is -0.0150. The molecule has 3 aromatic rings. The van der Waals surface area contributed by atoms with E-state index in [2.05, 4.69) is 13.8 Å². The van der Waals surface area contributed by atoms with E-state index < -0.39 is 0 Å². The molecule has 0 aliphatic heterocycles. The van der Waals surface area contributed by atoms with Gasteiger partial charge in [-0.3, -0.25) is 4.79 Å². The first-order valence-electron chi connectivity index (χ1n) is 7.55. The van der Waals surface area contributed by atoms with Gasteiger partial charge in [-0.2, -0.15) is 0 Å². The van der Waals surface area contributed by atoms with Gasteiger partial charge in [0.2, 0.25) is 0 Å². The van der Waals surface area contributed by atoms with Crippen LogP contribution in [0.3, 0.4) is 0 Å². The quantitative estimate of drug-likeness (QED) is 0.525. The van der Waals surface area contributed by atoms with Crippen LogP contribution in [0.1, 0.15) is 35.0 Å². The van der Waals surface area contributed by atoms with E-state index in [1.807, 2.05) is 30.3 Å². The highest BCUT2D eigenvalue weighted by molar-refractivity contribution is 7.16. The molecule has 0 aliphatic rings. The maximum atomic E-state index is 13.3. The van der Waals surface area contributed by atoms with Gasteiger partial charge < -0.3 is 0 Å². The second-order valence-electron chi connectivity index (χ2n) is 5.73. The van der Waals surface area contributed by atoms with E-state index in [1.54, 1.807) is 23.5 Å². The maximum absolute atomic E-state index is 13.3. The molecule has 2 aromatic carbocycles. The van der Waals surface area contributed by atoms with Gasteiger partial charge in [0.1, 0.15) is 5.82 Å². The lowest BCUT2D eigenvalue weighted by molar-refractivity contribution is 0.112. The average molecular weight is 324 g/mol. The highest BCUT2D eigenvalue weighted by Crippen LogP contribution is 2.44. The van der Waals surface area contributed by atoms with Gasteiger partial charge >= 0.3 is 0 Å². The Kier molecular flexibility index (Phi) is 4.39. The number of carbonyl (C=O) groups is 1. The Morgan fingerprint density at radius 1 is 0.957 bits per heavy atom. The van der Waals surface area contributed by atoms with Crippen molar-refractivity contribution >= 4 is 17.6 Å². The molecule has 0 saturated carbocycles. The highest BCUT2D eigenvalue weighted by Gasteiger charge is 2.21.